The highest BCUT2D eigenvalue weighted by Crippen LogP contribution is 2.43. The summed E-state index contributed by atoms with van der Waals surface area (Å²) in [7, 11) is 1.47. The summed E-state index contributed by atoms with van der Waals surface area (Å²) >= 11 is 0. The SMILES string of the molecule is CC/C=C\C/C=C\C/C=C\C/C=C\C/C=C\C/C=C\C/C=C\CCCCCCCCCCCCCCCC(=O)OC(COC(=O)CCCCCCCCCCCCCCCC/C=C\C/C=C\C/C=C\C/C=C\C/C=C\C/C=C\CC)COP(=O)(O)OCC[N+](C)(C)C. The van der Waals surface area contributed by atoms with E-state index in [4.69, 9.17) is 18.5 Å². The van der Waals surface area contributed by atoms with Gasteiger partial charge in [-0.05, 0) is 122 Å². The fraction of sp³-hybridized carbons (Fsp3) is 0.659. The highest BCUT2D eigenvalue weighted by atomic mass is 31.2. The highest BCUT2D eigenvalue weighted by molar-refractivity contribution is 7.47. The number of allylic oxidation sites excluding steroid dienone is 26. The summed E-state index contributed by atoms with van der Waals surface area (Å²) in [6.45, 7) is 4.21. The van der Waals surface area contributed by atoms with Crippen LogP contribution in [0.3, 0.4) is 0 Å². The number of phosphoric acid groups is 1. The van der Waals surface area contributed by atoms with E-state index >= 15 is 0 Å². The van der Waals surface area contributed by atoms with Crippen LogP contribution in [0.15, 0.2) is 158 Å². The van der Waals surface area contributed by atoms with Crippen molar-refractivity contribution in [2.24, 2.45) is 0 Å². The van der Waals surface area contributed by atoms with Crippen LogP contribution in [0.5, 0.6) is 0 Å². The molecule has 1 N–H and O–H groups in total. The zero-order valence-electron chi connectivity index (χ0n) is 59.7. The Morgan fingerprint density at radius 1 is 0.337 bits per heavy atom. The van der Waals surface area contributed by atoms with Crippen LogP contribution in [0.2, 0.25) is 0 Å². The molecule has 0 aromatic heterocycles. The Balaban J connectivity index is 4.06. The van der Waals surface area contributed by atoms with Gasteiger partial charge in [-0.3, -0.25) is 18.6 Å². The van der Waals surface area contributed by atoms with Gasteiger partial charge in [0, 0.05) is 12.8 Å². The van der Waals surface area contributed by atoms with Crippen LogP contribution < -0.4 is 0 Å². The number of carbonyl (C=O) groups is 2. The van der Waals surface area contributed by atoms with Crippen molar-refractivity contribution in [3.8, 4) is 0 Å². The quantitative estimate of drug-likeness (QED) is 0.0211. The smallest absolute Gasteiger partial charge is 0.462 e. The Bertz CT molecular complexity index is 2110. The molecule has 0 aromatic carbocycles. The number of rotatable bonds is 67. The van der Waals surface area contributed by atoms with E-state index in [0.717, 1.165) is 122 Å². The number of hydrogen-bond donors (Lipinski definition) is 1. The van der Waals surface area contributed by atoms with E-state index in [2.05, 4.69) is 172 Å². The number of esters is 2. The molecule has 0 spiro atoms. The lowest BCUT2D eigenvalue weighted by Crippen LogP contribution is -2.37. The summed E-state index contributed by atoms with van der Waals surface area (Å²) in [5, 5.41) is 0. The van der Waals surface area contributed by atoms with Crippen molar-refractivity contribution in [3.63, 3.8) is 0 Å². The molecule has 2 unspecified atom stereocenters. The van der Waals surface area contributed by atoms with Crippen LogP contribution in [-0.2, 0) is 32.7 Å². The van der Waals surface area contributed by atoms with Crippen LogP contribution in [0.4, 0.5) is 0 Å². The molecule has 2 atom stereocenters. The molecule has 0 saturated carbocycles. The fourth-order valence-corrected chi connectivity index (χ4v) is 10.7. The number of ether oxygens (including phenoxy) is 2. The number of hydrogen-bond acceptors (Lipinski definition) is 7. The van der Waals surface area contributed by atoms with E-state index in [-0.39, 0.29) is 32.0 Å². The van der Waals surface area contributed by atoms with Crippen molar-refractivity contribution >= 4 is 19.8 Å². The van der Waals surface area contributed by atoms with Crippen LogP contribution in [0.25, 0.3) is 0 Å². The summed E-state index contributed by atoms with van der Waals surface area (Å²) in [6.07, 6.45) is 106. The average molecular weight is 1300 g/mol. The summed E-state index contributed by atoms with van der Waals surface area (Å²) in [5.74, 6) is -0.800. The molecule has 524 valence electrons. The third-order valence-electron chi connectivity index (χ3n) is 15.6. The third-order valence-corrected chi connectivity index (χ3v) is 16.5. The Morgan fingerprint density at radius 3 is 0.870 bits per heavy atom. The topological polar surface area (TPSA) is 108 Å². The van der Waals surface area contributed by atoms with Crippen LogP contribution >= 0.6 is 7.82 Å². The number of unbranched alkanes of at least 4 members (excludes halogenated alkanes) is 27. The Morgan fingerprint density at radius 2 is 0.587 bits per heavy atom. The normalized spacial score (nSPS) is 14.0. The van der Waals surface area contributed by atoms with Crippen molar-refractivity contribution in [2.75, 3.05) is 47.5 Å². The number of nitrogens with zero attached hydrogens (tertiary/aromatic N) is 1. The standard InChI is InChI=1S/C82H138NO8P/c1-6-8-10-12-14-16-18-20-22-24-26-28-30-32-34-36-38-40-41-43-45-47-49-51-53-55-57-59-61-63-65-67-69-71-73-75-82(85)91-80(79-90-92(86,87)89-77-76-83(3,4)5)78-88-81(84)74-72-70-68-66-64-62-60-58-56-54-52-50-48-46-44-42-39-37-35-33-31-29-27-25-23-21-19-17-15-13-11-9-7-2/h8-11,14-17,20-23,26-29,32-35,38-40,42-43,45,80H,6-7,12-13,18-19,24-25,30-31,36-37,41,44,46-79H2,1-5H3/p+1/b10-8-,11-9-,16-14-,17-15-,22-20-,23-21-,28-26-,29-27-,34-32-,35-33-,40-38-,42-39-,45-43-. The first-order valence-corrected chi connectivity index (χ1v) is 38.7. The van der Waals surface area contributed by atoms with Gasteiger partial charge in [0.25, 0.3) is 0 Å². The lowest BCUT2D eigenvalue weighted by atomic mass is 10.0. The number of carbonyl (C=O) groups excluding carboxylic acids is 2. The number of quaternary nitrogens is 1. The van der Waals surface area contributed by atoms with Gasteiger partial charge in [-0.2, -0.15) is 0 Å². The van der Waals surface area contributed by atoms with Gasteiger partial charge >= 0.3 is 19.8 Å². The Hall–Kier alpha value is -4.37. The molecule has 0 aliphatic heterocycles. The monoisotopic (exact) mass is 1300 g/mol. The Kier molecular flexibility index (Phi) is 67.6. The van der Waals surface area contributed by atoms with Gasteiger partial charge in [0.05, 0.1) is 27.7 Å². The molecular formula is C82H139NO8P+. The van der Waals surface area contributed by atoms with Crippen molar-refractivity contribution in [1.82, 2.24) is 0 Å². The molecule has 0 rings (SSSR count). The minimum Gasteiger partial charge on any atom is -0.462 e. The minimum absolute atomic E-state index is 0.0254. The van der Waals surface area contributed by atoms with Gasteiger partial charge in [-0.1, -0.05) is 320 Å². The third kappa shape index (κ3) is 74.7. The van der Waals surface area contributed by atoms with Gasteiger partial charge in [0.1, 0.15) is 19.8 Å². The molecule has 0 aromatic rings. The molecule has 10 heteroatoms. The molecule has 0 radical (unpaired) electrons. The van der Waals surface area contributed by atoms with Crippen molar-refractivity contribution in [3.05, 3.63) is 158 Å². The van der Waals surface area contributed by atoms with Crippen molar-refractivity contribution in [2.45, 2.75) is 302 Å². The van der Waals surface area contributed by atoms with E-state index in [1.54, 1.807) is 0 Å². The zero-order valence-corrected chi connectivity index (χ0v) is 60.6. The summed E-state index contributed by atoms with van der Waals surface area (Å²) in [5.41, 5.74) is 0. The maximum absolute atomic E-state index is 12.9. The molecular weight excluding hydrogens is 1160 g/mol. The molecule has 0 fully saturated rings. The molecule has 0 aliphatic carbocycles. The average Bonchev–Trinajstić information content (AvgIpc) is 2.14. The highest BCUT2D eigenvalue weighted by Gasteiger charge is 2.27. The molecule has 92 heavy (non-hydrogen) atoms. The number of likely N-dealkylation sites (N-methyl/N-ethyl adjacent to an activating group) is 1. The lowest BCUT2D eigenvalue weighted by molar-refractivity contribution is -0.870. The fourth-order valence-electron chi connectivity index (χ4n) is 9.94. The lowest BCUT2D eigenvalue weighted by Gasteiger charge is -2.24. The second kappa shape index (κ2) is 70.9. The summed E-state index contributed by atoms with van der Waals surface area (Å²) < 4.78 is 34.8. The van der Waals surface area contributed by atoms with Crippen molar-refractivity contribution in [1.29, 1.82) is 0 Å². The second-order valence-corrected chi connectivity index (χ2v) is 27.0. The molecule has 9 nitrogen and oxygen atoms in total. The van der Waals surface area contributed by atoms with Gasteiger partial charge in [-0.15, -0.1) is 0 Å². The Labute approximate surface area is 566 Å². The maximum atomic E-state index is 12.9. The van der Waals surface area contributed by atoms with Gasteiger partial charge in [-0.25, -0.2) is 4.57 Å². The van der Waals surface area contributed by atoms with Gasteiger partial charge in [0.15, 0.2) is 6.10 Å². The minimum atomic E-state index is -4.40. The first-order valence-electron chi connectivity index (χ1n) is 37.2. The van der Waals surface area contributed by atoms with Gasteiger partial charge in [0.2, 0.25) is 0 Å². The van der Waals surface area contributed by atoms with E-state index in [0.29, 0.717) is 17.4 Å². The van der Waals surface area contributed by atoms with E-state index in [1.807, 2.05) is 21.1 Å². The second-order valence-electron chi connectivity index (χ2n) is 25.6. The molecule has 0 amide bonds. The predicted molar refractivity (Wildman–Crippen MR) is 399 cm³/mol. The van der Waals surface area contributed by atoms with E-state index in [1.165, 1.54) is 141 Å². The zero-order chi connectivity index (χ0) is 66.9. The van der Waals surface area contributed by atoms with Gasteiger partial charge < -0.3 is 18.9 Å². The van der Waals surface area contributed by atoms with Crippen molar-refractivity contribution < 1.29 is 42.1 Å². The van der Waals surface area contributed by atoms with Crippen LogP contribution in [0.1, 0.15) is 296 Å². The molecule has 0 aliphatic rings. The first kappa shape index (κ1) is 87.6. The summed E-state index contributed by atoms with van der Waals surface area (Å²) in [4.78, 5) is 36.0. The van der Waals surface area contributed by atoms with E-state index in [9.17, 15) is 19.0 Å². The largest absolute Gasteiger partial charge is 0.472 e. The molecule has 0 saturated heterocycles. The van der Waals surface area contributed by atoms with E-state index < -0.39 is 26.5 Å². The molecule has 0 bridgehead atoms. The molecule has 0 heterocycles. The number of phosphoric ester groups is 1. The predicted octanol–water partition coefficient (Wildman–Crippen LogP) is 24.7. The summed E-state index contributed by atoms with van der Waals surface area (Å²) in [6, 6.07) is 0. The van der Waals surface area contributed by atoms with Crippen LogP contribution in [0, 0.1) is 0 Å². The van der Waals surface area contributed by atoms with Crippen LogP contribution in [-0.4, -0.2) is 74.9 Å². The maximum Gasteiger partial charge on any atom is 0.472 e. The first-order chi connectivity index (χ1) is 45.0.